The lowest BCUT2D eigenvalue weighted by Gasteiger charge is -2.02. The Hall–Kier alpha value is -1.75. The predicted molar refractivity (Wildman–Crippen MR) is 93.5 cm³/mol. The summed E-state index contributed by atoms with van der Waals surface area (Å²) in [5, 5.41) is 5.35. The Morgan fingerprint density at radius 2 is 1.91 bits per heavy atom. The minimum Gasteiger partial charge on any atom is -0.323 e. The number of benzene rings is 2. The molecule has 0 aliphatic rings. The summed E-state index contributed by atoms with van der Waals surface area (Å²) in [6.45, 7) is 2.02. The second-order valence-electron chi connectivity index (χ2n) is 4.73. The van der Waals surface area contributed by atoms with Crippen LogP contribution in [0.1, 0.15) is 11.1 Å². The molecule has 7 heteroatoms. The second kappa shape index (κ2) is 6.16. The normalized spacial score (nSPS) is 11.5. The number of fused-ring (bicyclic) bond motifs is 1. The van der Waals surface area contributed by atoms with Crippen LogP contribution in [0, 0.1) is 6.92 Å². The molecule has 112 valence electrons. The number of hydrazone groups is 1. The number of hydrogen-bond donors (Lipinski definition) is 2. The van der Waals surface area contributed by atoms with E-state index in [1.807, 2.05) is 25.1 Å². The van der Waals surface area contributed by atoms with Gasteiger partial charge in [-0.25, -0.2) is 10.4 Å². The molecule has 2 N–H and O–H groups in total. The molecule has 3 rings (SSSR count). The second-order valence-corrected chi connectivity index (χ2v) is 5.93. The highest BCUT2D eigenvalue weighted by Gasteiger charge is 2.07. The fourth-order valence-electron chi connectivity index (χ4n) is 2.00. The molecule has 0 aliphatic carbocycles. The summed E-state index contributed by atoms with van der Waals surface area (Å²) in [7, 11) is 0. The minimum absolute atomic E-state index is 0.361. The van der Waals surface area contributed by atoms with Crippen molar-refractivity contribution < 1.29 is 0 Å². The number of imidazole rings is 1. The van der Waals surface area contributed by atoms with E-state index in [2.05, 4.69) is 20.5 Å². The van der Waals surface area contributed by atoms with Crippen molar-refractivity contribution in [1.29, 1.82) is 0 Å². The molecule has 0 spiro atoms. The molecule has 1 heterocycles. The van der Waals surface area contributed by atoms with Crippen molar-refractivity contribution in [2.45, 2.75) is 6.92 Å². The lowest BCUT2D eigenvalue weighted by atomic mass is 10.2. The van der Waals surface area contributed by atoms with Crippen LogP contribution >= 0.6 is 34.8 Å². The molecule has 0 radical (unpaired) electrons. The topological polar surface area (TPSA) is 53.1 Å². The molecule has 22 heavy (non-hydrogen) atoms. The monoisotopic (exact) mass is 352 g/mol. The van der Waals surface area contributed by atoms with E-state index in [1.165, 1.54) is 6.21 Å². The minimum atomic E-state index is 0.361. The smallest absolute Gasteiger partial charge is 0.222 e. The van der Waals surface area contributed by atoms with Crippen LogP contribution in [0.4, 0.5) is 5.95 Å². The molecule has 1 aromatic heterocycles. The van der Waals surface area contributed by atoms with Gasteiger partial charge in [0.25, 0.3) is 0 Å². The third-order valence-corrected chi connectivity index (χ3v) is 4.23. The first kappa shape index (κ1) is 15.2. The van der Waals surface area contributed by atoms with E-state index in [-0.39, 0.29) is 0 Å². The lowest BCUT2D eigenvalue weighted by Crippen LogP contribution is -1.94. The summed E-state index contributed by atoms with van der Waals surface area (Å²) in [6, 6.07) is 9.27. The van der Waals surface area contributed by atoms with Gasteiger partial charge in [0.2, 0.25) is 5.95 Å². The number of hydrogen-bond acceptors (Lipinski definition) is 3. The largest absolute Gasteiger partial charge is 0.323 e. The number of nitrogens with one attached hydrogen (secondary N) is 2. The Balaban J connectivity index is 1.83. The number of aryl methyl sites for hydroxylation is 1. The van der Waals surface area contributed by atoms with Crippen LogP contribution in [-0.2, 0) is 0 Å². The third kappa shape index (κ3) is 3.04. The Bertz CT molecular complexity index is 871. The number of rotatable bonds is 3. The maximum atomic E-state index is 6.10. The molecule has 3 aromatic rings. The molecule has 0 saturated heterocycles. The van der Waals surface area contributed by atoms with Crippen molar-refractivity contribution in [3.8, 4) is 0 Å². The summed E-state index contributed by atoms with van der Waals surface area (Å²) in [5.41, 5.74) is 6.33. The third-order valence-electron chi connectivity index (χ3n) is 3.08. The van der Waals surface area contributed by atoms with E-state index in [1.54, 1.807) is 12.1 Å². The zero-order chi connectivity index (χ0) is 15.7. The molecule has 0 saturated carbocycles. The van der Waals surface area contributed by atoms with Gasteiger partial charge >= 0.3 is 0 Å². The van der Waals surface area contributed by atoms with Crippen LogP contribution in [0.15, 0.2) is 35.4 Å². The quantitative estimate of drug-likeness (QED) is 0.382. The van der Waals surface area contributed by atoms with Crippen molar-refractivity contribution in [3.05, 3.63) is 56.5 Å². The van der Waals surface area contributed by atoms with E-state index in [4.69, 9.17) is 34.8 Å². The Morgan fingerprint density at radius 3 is 2.73 bits per heavy atom. The van der Waals surface area contributed by atoms with Crippen LogP contribution in [-0.4, -0.2) is 16.2 Å². The SMILES string of the molecule is Cc1ccc2nc(N/N=C\c3c(Cl)ccc(Cl)c3Cl)[nH]c2c1. The van der Waals surface area contributed by atoms with Crippen molar-refractivity contribution >= 4 is 58.0 Å². The number of aromatic amines is 1. The van der Waals surface area contributed by atoms with Gasteiger partial charge in [-0.05, 0) is 36.8 Å². The average molecular weight is 354 g/mol. The summed E-state index contributed by atoms with van der Waals surface area (Å²) < 4.78 is 0. The predicted octanol–water partition coefficient (Wildman–Crippen LogP) is 5.28. The number of aromatic nitrogens is 2. The highest BCUT2D eigenvalue weighted by Crippen LogP contribution is 2.30. The average Bonchev–Trinajstić information content (AvgIpc) is 2.88. The number of nitrogens with zero attached hydrogens (tertiary/aromatic N) is 2. The number of halogens is 3. The van der Waals surface area contributed by atoms with Crippen LogP contribution in [0.2, 0.25) is 15.1 Å². The van der Waals surface area contributed by atoms with Crippen molar-refractivity contribution in [2.75, 3.05) is 5.43 Å². The fourth-order valence-corrected chi connectivity index (χ4v) is 2.63. The van der Waals surface area contributed by atoms with Crippen LogP contribution in [0.5, 0.6) is 0 Å². The molecule has 0 bridgehead atoms. The van der Waals surface area contributed by atoms with Gasteiger partial charge in [-0.15, -0.1) is 0 Å². The van der Waals surface area contributed by atoms with Gasteiger partial charge in [-0.1, -0.05) is 40.9 Å². The standard InChI is InChI=1S/C15H11Cl3N4/c1-8-2-5-12-13(6-8)21-15(20-12)22-19-7-9-10(16)3-4-11(17)14(9)18/h2-7H,1H3,(H2,20,21,22)/b19-7-. The molecular weight excluding hydrogens is 343 g/mol. The molecule has 0 amide bonds. The molecule has 0 atom stereocenters. The van der Waals surface area contributed by atoms with E-state index in [0.29, 0.717) is 26.6 Å². The molecule has 0 fully saturated rings. The van der Waals surface area contributed by atoms with E-state index in [0.717, 1.165) is 16.6 Å². The maximum Gasteiger partial charge on any atom is 0.222 e. The summed E-state index contributed by atoms with van der Waals surface area (Å²) >= 11 is 18.1. The van der Waals surface area contributed by atoms with Gasteiger partial charge in [-0.2, -0.15) is 5.10 Å². The summed E-state index contributed by atoms with van der Waals surface area (Å²) in [4.78, 5) is 7.51. The summed E-state index contributed by atoms with van der Waals surface area (Å²) in [6.07, 6.45) is 1.51. The molecular formula is C15H11Cl3N4. The molecule has 2 aromatic carbocycles. The van der Waals surface area contributed by atoms with E-state index in [9.17, 15) is 0 Å². The number of H-pyrrole nitrogens is 1. The van der Waals surface area contributed by atoms with E-state index >= 15 is 0 Å². The maximum absolute atomic E-state index is 6.10. The number of anilines is 1. The van der Waals surface area contributed by atoms with Crippen LogP contribution < -0.4 is 5.43 Å². The van der Waals surface area contributed by atoms with Crippen LogP contribution in [0.3, 0.4) is 0 Å². The zero-order valence-corrected chi connectivity index (χ0v) is 13.8. The lowest BCUT2D eigenvalue weighted by molar-refractivity contribution is 1.21. The van der Waals surface area contributed by atoms with Gasteiger partial charge in [0.1, 0.15) is 0 Å². The van der Waals surface area contributed by atoms with E-state index < -0.39 is 0 Å². The zero-order valence-electron chi connectivity index (χ0n) is 11.5. The highest BCUT2D eigenvalue weighted by molar-refractivity contribution is 6.45. The first-order valence-corrected chi connectivity index (χ1v) is 7.57. The van der Waals surface area contributed by atoms with Crippen LogP contribution in [0.25, 0.3) is 11.0 Å². The first-order chi connectivity index (χ1) is 10.5. The first-order valence-electron chi connectivity index (χ1n) is 6.43. The fraction of sp³-hybridized carbons (Fsp3) is 0.0667. The van der Waals surface area contributed by atoms with Gasteiger partial charge < -0.3 is 4.98 Å². The molecule has 0 aliphatic heterocycles. The van der Waals surface area contributed by atoms with Crippen molar-refractivity contribution in [1.82, 2.24) is 9.97 Å². The van der Waals surface area contributed by atoms with Gasteiger partial charge in [0, 0.05) is 5.56 Å². The Labute approximate surface area is 142 Å². The van der Waals surface area contributed by atoms with Crippen molar-refractivity contribution in [3.63, 3.8) is 0 Å². The van der Waals surface area contributed by atoms with Gasteiger partial charge in [0.15, 0.2) is 0 Å². The molecule has 0 unspecified atom stereocenters. The summed E-state index contributed by atoms with van der Waals surface area (Å²) in [5.74, 6) is 0.533. The Morgan fingerprint density at radius 1 is 1.14 bits per heavy atom. The van der Waals surface area contributed by atoms with Gasteiger partial charge in [-0.3, -0.25) is 0 Å². The highest BCUT2D eigenvalue weighted by atomic mass is 35.5. The van der Waals surface area contributed by atoms with Gasteiger partial charge in [0.05, 0.1) is 32.3 Å². The Kier molecular flexibility index (Phi) is 4.25. The van der Waals surface area contributed by atoms with Crippen molar-refractivity contribution in [2.24, 2.45) is 5.10 Å². The molecule has 4 nitrogen and oxygen atoms in total.